The molecule has 2 N–H and O–H groups in total. The van der Waals surface area contributed by atoms with Gasteiger partial charge in [0.05, 0.1) is 30.5 Å². The van der Waals surface area contributed by atoms with E-state index in [9.17, 15) is 4.79 Å². The van der Waals surface area contributed by atoms with E-state index in [4.69, 9.17) is 20.2 Å². The number of ether oxygens (including phenoxy) is 2. The van der Waals surface area contributed by atoms with Crippen molar-refractivity contribution in [3.05, 3.63) is 64.7 Å². The lowest BCUT2D eigenvalue weighted by Crippen LogP contribution is -2.38. The zero-order valence-electron chi connectivity index (χ0n) is 16.6. The highest BCUT2D eigenvalue weighted by atomic mass is 16.5. The zero-order chi connectivity index (χ0) is 20.2. The fraction of sp³-hybridized carbons (Fsp3) is 0.364. The van der Waals surface area contributed by atoms with Crippen molar-refractivity contribution in [2.45, 2.75) is 13.0 Å². The molecule has 0 bridgehead atoms. The first-order valence-electron chi connectivity index (χ1n) is 9.95. The molecule has 1 saturated heterocycles. The third kappa shape index (κ3) is 4.17. The van der Waals surface area contributed by atoms with E-state index in [1.165, 1.54) is 0 Å². The average molecular weight is 394 g/mol. The molecular weight excluding hydrogens is 368 g/mol. The highest BCUT2D eigenvalue weighted by molar-refractivity contribution is 5.84. The van der Waals surface area contributed by atoms with Crippen LogP contribution in [-0.2, 0) is 4.74 Å². The molecule has 2 aromatic carbocycles. The van der Waals surface area contributed by atoms with Gasteiger partial charge >= 0.3 is 0 Å². The van der Waals surface area contributed by atoms with Crippen LogP contribution in [0.4, 0.5) is 0 Å². The molecule has 0 radical (unpaired) electrons. The Morgan fingerprint density at radius 3 is 2.62 bits per heavy atom. The smallest absolute Gasteiger partial charge is 0.269 e. The van der Waals surface area contributed by atoms with Gasteiger partial charge in [0, 0.05) is 19.6 Å². The molecule has 1 fully saturated rings. The van der Waals surface area contributed by atoms with Crippen molar-refractivity contribution in [3.63, 3.8) is 0 Å². The van der Waals surface area contributed by atoms with Gasteiger partial charge in [-0.05, 0) is 31.2 Å². The predicted octanol–water partition coefficient (Wildman–Crippen LogP) is 2.12. The first kappa shape index (κ1) is 19.6. The number of nitrogens with two attached hydrogens (primary N) is 1. The lowest BCUT2D eigenvalue weighted by molar-refractivity contribution is 0.0323. The van der Waals surface area contributed by atoms with E-state index in [0.29, 0.717) is 29.1 Å². The molecule has 0 saturated carbocycles. The minimum Gasteiger partial charge on any atom is -0.491 e. The van der Waals surface area contributed by atoms with E-state index in [0.717, 1.165) is 38.5 Å². The van der Waals surface area contributed by atoms with Crippen LogP contribution in [0, 0.1) is 0 Å². The molecule has 1 aliphatic heterocycles. The van der Waals surface area contributed by atoms with Crippen molar-refractivity contribution in [1.29, 1.82) is 0 Å². The number of para-hydroxylation sites is 1. The molecule has 0 aliphatic carbocycles. The van der Waals surface area contributed by atoms with Crippen molar-refractivity contribution >= 4 is 10.9 Å². The van der Waals surface area contributed by atoms with Gasteiger partial charge in [-0.2, -0.15) is 0 Å². The Morgan fingerprint density at radius 2 is 1.90 bits per heavy atom. The van der Waals surface area contributed by atoms with E-state index in [1.807, 2.05) is 55.5 Å². The first-order valence-corrected chi connectivity index (χ1v) is 9.95. The van der Waals surface area contributed by atoms with Gasteiger partial charge in [-0.1, -0.05) is 24.3 Å². The minimum atomic E-state index is -0.391. The SMILES string of the molecule is CC(N)c1nc2cccc(OCCN3CCOCC3)c2c(=O)n1-c1ccccc1. The number of nitrogens with zero attached hydrogens (tertiary/aromatic N) is 3. The standard InChI is InChI=1S/C22H26N4O3/c1-16(23)21-24-18-8-5-9-19(29-15-12-25-10-13-28-14-11-25)20(18)22(27)26(21)17-6-3-2-4-7-17/h2-9,16H,10-15,23H2,1H3. The maximum Gasteiger partial charge on any atom is 0.269 e. The van der Waals surface area contributed by atoms with Crippen LogP contribution in [0.5, 0.6) is 5.75 Å². The zero-order valence-corrected chi connectivity index (χ0v) is 16.6. The highest BCUT2D eigenvalue weighted by Gasteiger charge is 2.18. The van der Waals surface area contributed by atoms with Crippen LogP contribution in [0.3, 0.4) is 0 Å². The summed E-state index contributed by atoms with van der Waals surface area (Å²) in [6.07, 6.45) is 0. The molecule has 3 aromatic rings. The number of rotatable bonds is 6. The third-order valence-electron chi connectivity index (χ3n) is 5.08. The van der Waals surface area contributed by atoms with Gasteiger partial charge in [-0.15, -0.1) is 0 Å². The minimum absolute atomic E-state index is 0.171. The lowest BCUT2D eigenvalue weighted by Gasteiger charge is -2.26. The van der Waals surface area contributed by atoms with Gasteiger partial charge in [0.1, 0.15) is 23.6 Å². The quantitative estimate of drug-likeness (QED) is 0.690. The summed E-state index contributed by atoms with van der Waals surface area (Å²) in [5.41, 5.74) is 7.31. The summed E-state index contributed by atoms with van der Waals surface area (Å²) in [5.74, 6) is 1.08. The van der Waals surface area contributed by atoms with Crippen molar-refractivity contribution in [1.82, 2.24) is 14.5 Å². The second-order valence-electron chi connectivity index (χ2n) is 7.19. The maximum atomic E-state index is 13.5. The molecule has 0 spiro atoms. The number of aromatic nitrogens is 2. The summed E-state index contributed by atoms with van der Waals surface area (Å²) in [4.78, 5) is 20.5. The van der Waals surface area contributed by atoms with Gasteiger partial charge in [0.15, 0.2) is 0 Å². The van der Waals surface area contributed by atoms with Crippen molar-refractivity contribution < 1.29 is 9.47 Å². The van der Waals surface area contributed by atoms with Crippen LogP contribution in [-0.4, -0.2) is 53.9 Å². The summed E-state index contributed by atoms with van der Waals surface area (Å²) < 4.78 is 13.0. The summed E-state index contributed by atoms with van der Waals surface area (Å²) in [5, 5.41) is 0.475. The van der Waals surface area contributed by atoms with Crippen LogP contribution < -0.4 is 16.0 Å². The van der Waals surface area contributed by atoms with Gasteiger partial charge in [0.25, 0.3) is 5.56 Å². The van der Waals surface area contributed by atoms with E-state index in [1.54, 1.807) is 4.57 Å². The second-order valence-corrected chi connectivity index (χ2v) is 7.19. The van der Waals surface area contributed by atoms with Crippen molar-refractivity contribution in [2.75, 3.05) is 39.5 Å². The Morgan fingerprint density at radius 1 is 1.14 bits per heavy atom. The normalized spacial score (nSPS) is 16.1. The molecule has 1 atom stereocenters. The highest BCUT2D eigenvalue weighted by Crippen LogP contribution is 2.24. The van der Waals surface area contributed by atoms with Gasteiger partial charge in [-0.3, -0.25) is 14.3 Å². The molecule has 7 heteroatoms. The Labute approximate surface area is 169 Å². The van der Waals surface area contributed by atoms with Crippen molar-refractivity contribution in [2.24, 2.45) is 5.73 Å². The number of benzene rings is 2. The van der Waals surface area contributed by atoms with Gasteiger partial charge in [-0.25, -0.2) is 4.98 Å². The molecular formula is C22H26N4O3. The van der Waals surface area contributed by atoms with Crippen LogP contribution in [0.2, 0.25) is 0 Å². The van der Waals surface area contributed by atoms with Crippen LogP contribution in [0.15, 0.2) is 53.3 Å². The fourth-order valence-electron chi connectivity index (χ4n) is 3.58. The molecule has 152 valence electrons. The predicted molar refractivity (Wildman–Crippen MR) is 113 cm³/mol. The average Bonchev–Trinajstić information content (AvgIpc) is 2.75. The summed E-state index contributed by atoms with van der Waals surface area (Å²) in [7, 11) is 0. The Hall–Kier alpha value is -2.74. The summed E-state index contributed by atoms with van der Waals surface area (Å²) in [6.45, 7) is 6.42. The topological polar surface area (TPSA) is 82.6 Å². The second kappa shape index (κ2) is 8.73. The summed E-state index contributed by atoms with van der Waals surface area (Å²) in [6, 6.07) is 14.6. The fourth-order valence-corrected chi connectivity index (χ4v) is 3.58. The summed E-state index contributed by atoms with van der Waals surface area (Å²) >= 11 is 0. The molecule has 0 amide bonds. The monoisotopic (exact) mass is 394 g/mol. The molecule has 2 heterocycles. The van der Waals surface area contributed by atoms with Crippen LogP contribution in [0.1, 0.15) is 18.8 Å². The van der Waals surface area contributed by atoms with Crippen molar-refractivity contribution in [3.8, 4) is 11.4 Å². The molecule has 1 aromatic heterocycles. The third-order valence-corrected chi connectivity index (χ3v) is 5.08. The van der Waals surface area contributed by atoms with E-state index >= 15 is 0 Å². The van der Waals surface area contributed by atoms with Crippen LogP contribution >= 0.6 is 0 Å². The maximum absolute atomic E-state index is 13.5. The first-order chi connectivity index (χ1) is 14.1. The van der Waals surface area contributed by atoms with E-state index < -0.39 is 6.04 Å². The van der Waals surface area contributed by atoms with Crippen LogP contribution in [0.25, 0.3) is 16.6 Å². The Kier molecular flexibility index (Phi) is 5.89. The van der Waals surface area contributed by atoms with Gasteiger partial charge in [0.2, 0.25) is 0 Å². The lowest BCUT2D eigenvalue weighted by atomic mass is 10.2. The van der Waals surface area contributed by atoms with E-state index in [2.05, 4.69) is 4.90 Å². The molecule has 7 nitrogen and oxygen atoms in total. The van der Waals surface area contributed by atoms with Gasteiger partial charge < -0.3 is 15.2 Å². The number of fused-ring (bicyclic) bond motifs is 1. The molecule has 1 unspecified atom stereocenters. The largest absolute Gasteiger partial charge is 0.491 e. The molecule has 1 aliphatic rings. The number of hydrogen-bond donors (Lipinski definition) is 1. The number of hydrogen-bond acceptors (Lipinski definition) is 6. The molecule has 29 heavy (non-hydrogen) atoms. The number of morpholine rings is 1. The Bertz CT molecular complexity index is 1030. The van der Waals surface area contributed by atoms with E-state index in [-0.39, 0.29) is 5.56 Å². The molecule has 4 rings (SSSR count). The Balaban J connectivity index is 1.72.